The molecule has 0 radical (unpaired) electrons. The van der Waals surface area contributed by atoms with E-state index in [-0.39, 0.29) is 0 Å². The first-order chi connectivity index (χ1) is 10.0. The van der Waals surface area contributed by atoms with Gasteiger partial charge >= 0.3 is 0 Å². The fraction of sp³-hybridized carbons (Fsp3) is 0.438. The average molecular weight is 479 g/mol. The Bertz CT molecular complexity index is 590. The maximum atomic E-state index is 4.58. The molecule has 0 aliphatic carbocycles. The van der Waals surface area contributed by atoms with Crippen LogP contribution in [0.5, 0.6) is 0 Å². The lowest BCUT2D eigenvalue weighted by molar-refractivity contribution is 0.535. The summed E-state index contributed by atoms with van der Waals surface area (Å²) in [6, 6.07) is 8.60. The number of hydrogen-bond donors (Lipinski definition) is 0. The van der Waals surface area contributed by atoms with Crippen molar-refractivity contribution in [2.75, 3.05) is 5.33 Å². The van der Waals surface area contributed by atoms with Gasteiger partial charge < -0.3 is 0 Å². The smallest absolute Gasteiger partial charge is 0.0738 e. The highest BCUT2D eigenvalue weighted by molar-refractivity contribution is 9.11. The zero-order valence-electron chi connectivity index (χ0n) is 12.2. The molecule has 0 amide bonds. The van der Waals surface area contributed by atoms with Gasteiger partial charge in [0, 0.05) is 16.3 Å². The number of rotatable bonds is 6. The molecular formula is C16H19Br3N2. The molecule has 0 aliphatic heterocycles. The van der Waals surface area contributed by atoms with Crippen LogP contribution in [0.4, 0.5) is 0 Å². The van der Waals surface area contributed by atoms with Crippen molar-refractivity contribution >= 4 is 47.8 Å². The maximum absolute atomic E-state index is 4.58. The summed E-state index contributed by atoms with van der Waals surface area (Å²) < 4.78 is 4.39. The Kier molecular flexibility index (Phi) is 6.51. The minimum atomic E-state index is 0.559. The lowest BCUT2D eigenvalue weighted by atomic mass is 9.96. The van der Waals surface area contributed by atoms with Crippen LogP contribution in [0.25, 0.3) is 0 Å². The molecule has 1 aromatic carbocycles. The predicted octanol–water partition coefficient (Wildman–Crippen LogP) is 5.53. The summed E-state index contributed by atoms with van der Waals surface area (Å²) in [5, 5.41) is 5.57. The van der Waals surface area contributed by atoms with E-state index in [9.17, 15) is 0 Å². The molecule has 1 aromatic heterocycles. The molecule has 0 fully saturated rings. The first-order valence-corrected chi connectivity index (χ1v) is 9.78. The fourth-order valence-electron chi connectivity index (χ4n) is 2.47. The number of alkyl halides is 1. The van der Waals surface area contributed by atoms with Crippen molar-refractivity contribution < 1.29 is 0 Å². The Labute approximate surface area is 151 Å². The molecular weight excluding hydrogens is 460 g/mol. The van der Waals surface area contributed by atoms with E-state index in [2.05, 4.69) is 95.7 Å². The molecule has 0 spiro atoms. The van der Waals surface area contributed by atoms with E-state index >= 15 is 0 Å². The van der Waals surface area contributed by atoms with Gasteiger partial charge in [-0.2, -0.15) is 5.10 Å². The lowest BCUT2D eigenvalue weighted by Gasteiger charge is -2.15. The van der Waals surface area contributed by atoms with E-state index in [0.29, 0.717) is 5.92 Å². The van der Waals surface area contributed by atoms with Crippen LogP contribution in [0.15, 0.2) is 33.2 Å². The van der Waals surface area contributed by atoms with E-state index in [1.807, 2.05) is 0 Å². The number of nitrogens with zero attached hydrogens (tertiary/aromatic N) is 2. The Hall–Kier alpha value is -0.130. The average Bonchev–Trinajstić information content (AvgIpc) is 2.76. The molecule has 2 aromatic rings. The van der Waals surface area contributed by atoms with Gasteiger partial charge in [0.05, 0.1) is 15.9 Å². The topological polar surface area (TPSA) is 17.8 Å². The summed E-state index contributed by atoms with van der Waals surface area (Å²) in [7, 11) is 0. The van der Waals surface area contributed by atoms with Crippen LogP contribution in [-0.4, -0.2) is 15.1 Å². The van der Waals surface area contributed by atoms with Crippen LogP contribution in [0.3, 0.4) is 0 Å². The monoisotopic (exact) mass is 476 g/mol. The van der Waals surface area contributed by atoms with Crippen LogP contribution in [0.1, 0.15) is 23.9 Å². The summed E-state index contributed by atoms with van der Waals surface area (Å²) in [6.07, 6.45) is 2.09. The van der Waals surface area contributed by atoms with Gasteiger partial charge in [-0.25, -0.2) is 0 Å². The van der Waals surface area contributed by atoms with E-state index in [0.717, 1.165) is 39.4 Å². The molecule has 2 rings (SSSR count). The Morgan fingerprint density at radius 2 is 1.81 bits per heavy atom. The summed E-state index contributed by atoms with van der Waals surface area (Å²) >= 11 is 10.8. The molecule has 0 aliphatic rings. The number of halogens is 3. The standard InChI is InChI=1S/C16H19Br3N2/c1-3-21-15(16(19)11(2)20-21)9-13(10-17)8-12-4-6-14(18)7-5-12/h4-7,13H,3,8-10H2,1-2H3. The molecule has 0 N–H and O–H groups in total. The minimum absolute atomic E-state index is 0.559. The molecule has 2 nitrogen and oxygen atoms in total. The second-order valence-corrected chi connectivity index (χ2v) is 7.57. The molecule has 114 valence electrons. The van der Waals surface area contributed by atoms with Crippen molar-refractivity contribution in [2.45, 2.75) is 33.2 Å². The Morgan fingerprint density at radius 3 is 2.38 bits per heavy atom. The van der Waals surface area contributed by atoms with Gasteiger partial charge in [-0.15, -0.1) is 0 Å². The van der Waals surface area contributed by atoms with Crippen LogP contribution in [0, 0.1) is 12.8 Å². The van der Waals surface area contributed by atoms with Crippen molar-refractivity contribution in [1.29, 1.82) is 0 Å². The first-order valence-electron chi connectivity index (χ1n) is 7.07. The SMILES string of the molecule is CCn1nc(C)c(Br)c1CC(CBr)Cc1ccc(Br)cc1. The molecule has 21 heavy (non-hydrogen) atoms. The quantitative estimate of drug-likeness (QED) is 0.499. The lowest BCUT2D eigenvalue weighted by Crippen LogP contribution is -2.14. The van der Waals surface area contributed by atoms with Crippen molar-refractivity contribution in [3.63, 3.8) is 0 Å². The molecule has 5 heteroatoms. The van der Waals surface area contributed by atoms with E-state index in [4.69, 9.17) is 0 Å². The zero-order valence-corrected chi connectivity index (χ0v) is 17.0. The molecule has 0 bridgehead atoms. The van der Waals surface area contributed by atoms with Crippen molar-refractivity contribution in [1.82, 2.24) is 9.78 Å². The van der Waals surface area contributed by atoms with Gasteiger partial charge in [-0.1, -0.05) is 44.0 Å². The number of aromatic nitrogens is 2. The molecule has 1 atom stereocenters. The zero-order chi connectivity index (χ0) is 15.4. The predicted molar refractivity (Wildman–Crippen MR) is 99.2 cm³/mol. The first kappa shape index (κ1) is 17.2. The van der Waals surface area contributed by atoms with Crippen LogP contribution in [0.2, 0.25) is 0 Å². The molecule has 1 unspecified atom stereocenters. The number of aryl methyl sites for hydroxylation is 2. The van der Waals surface area contributed by atoms with Gasteiger partial charge in [-0.05, 0) is 66.2 Å². The summed E-state index contributed by atoms with van der Waals surface area (Å²) in [4.78, 5) is 0. The highest BCUT2D eigenvalue weighted by Crippen LogP contribution is 2.26. The van der Waals surface area contributed by atoms with E-state index in [1.165, 1.54) is 11.3 Å². The second kappa shape index (κ2) is 7.93. The molecule has 1 heterocycles. The maximum Gasteiger partial charge on any atom is 0.0738 e. The molecule has 0 saturated heterocycles. The molecule has 0 saturated carbocycles. The van der Waals surface area contributed by atoms with Gasteiger partial charge in [-0.3, -0.25) is 4.68 Å². The van der Waals surface area contributed by atoms with Crippen molar-refractivity contribution in [3.8, 4) is 0 Å². The third-order valence-corrected chi connectivity index (χ3v) is 6.07. The fourth-order valence-corrected chi connectivity index (χ4v) is 3.64. The largest absolute Gasteiger partial charge is 0.268 e. The summed E-state index contributed by atoms with van der Waals surface area (Å²) in [6.45, 7) is 5.10. The van der Waals surface area contributed by atoms with Crippen LogP contribution in [-0.2, 0) is 19.4 Å². The van der Waals surface area contributed by atoms with Gasteiger partial charge in [0.15, 0.2) is 0 Å². The Morgan fingerprint density at radius 1 is 1.14 bits per heavy atom. The van der Waals surface area contributed by atoms with Crippen molar-refractivity contribution in [3.05, 3.63) is 50.2 Å². The number of benzene rings is 1. The van der Waals surface area contributed by atoms with Gasteiger partial charge in [0.1, 0.15) is 0 Å². The van der Waals surface area contributed by atoms with E-state index < -0.39 is 0 Å². The number of hydrogen-bond acceptors (Lipinski definition) is 1. The highest BCUT2D eigenvalue weighted by Gasteiger charge is 2.17. The second-order valence-electron chi connectivity index (χ2n) is 5.22. The third-order valence-electron chi connectivity index (χ3n) is 3.59. The van der Waals surface area contributed by atoms with Crippen LogP contribution >= 0.6 is 47.8 Å². The third kappa shape index (κ3) is 4.42. The Balaban J connectivity index is 2.14. The summed E-state index contributed by atoms with van der Waals surface area (Å²) in [5.41, 5.74) is 3.75. The normalized spacial score (nSPS) is 12.6. The highest BCUT2D eigenvalue weighted by atomic mass is 79.9. The van der Waals surface area contributed by atoms with Crippen LogP contribution < -0.4 is 0 Å². The van der Waals surface area contributed by atoms with E-state index in [1.54, 1.807) is 0 Å². The van der Waals surface area contributed by atoms with Gasteiger partial charge in [0.25, 0.3) is 0 Å². The summed E-state index contributed by atoms with van der Waals surface area (Å²) in [5.74, 6) is 0.559. The minimum Gasteiger partial charge on any atom is -0.268 e. The van der Waals surface area contributed by atoms with Crippen molar-refractivity contribution in [2.24, 2.45) is 5.92 Å². The van der Waals surface area contributed by atoms with Gasteiger partial charge in [0.2, 0.25) is 0 Å².